The van der Waals surface area contributed by atoms with Gasteiger partial charge in [-0.1, -0.05) is 6.92 Å². The Morgan fingerprint density at radius 1 is 1.23 bits per heavy atom. The fraction of sp³-hybridized carbons (Fsp3) is 0.333. The maximum Gasteiger partial charge on any atom is 0.365 e. The molecule has 0 saturated carbocycles. The second kappa shape index (κ2) is 7.81. The third-order valence-corrected chi connectivity index (χ3v) is 4.03. The number of methoxy groups -OCH3 is 1. The minimum absolute atomic E-state index is 0.199. The van der Waals surface area contributed by atoms with Crippen molar-refractivity contribution in [1.82, 2.24) is 20.1 Å². The zero-order valence-corrected chi connectivity index (χ0v) is 14.9. The van der Waals surface area contributed by atoms with Crippen LogP contribution in [0, 0.1) is 6.92 Å². The SMILES string of the molecule is COc1ccc(C(C)CCOc2nc(C)ncc2-c2c[nH]oc2=O)nc1. The van der Waals surface area contributed by atoms with E-state index in [-0.39, 0.29) is 5.92 Å². The van der Waals surface area contributed by atoms with Gasteiger partial charge in [-0.2, -0.15) is 4.98 Å². The Bertz CT molecular complexity index is 917. The molecule has 1 unspecified atom stereocenters. The molecule has 0 amide bonds. The monoisotopic (exact) mass is 356 g/mol. The quantitative estimate of drug-likeness (QED) is 0.694. The van der Waals surface area contributed by atoms with Gasteiger partial charge < -0.3 is 14.0 Å². The molecule has 3 aromatic heterocycles. The fourth-order valence-electron chi connectivity index (χ4n) is 2.47. The average Bonchev–Trinajstić information content (AvgIpc) is 3.07. The van der Waals surface area contributed by atoms with Crippen molar-refractivity contribution in [2.75, 3.05) is 13.7 Å². The van der Waals surface area contributed by atoms with Crippen LogP contribution in [0.4, 0.5) is 0 Å². The van der Waals surface area contributed by atoms with Crippen LogP contribution in [-0.4, -0.2) is 33.8 Å². The molecule has 3 aromatic rings. The molecule has 3 rings (SSSR count). The zero-order valence-electron chi connectivity index (χ0n) is 14.9. The molecular weight excluding hydrogens is 336 g/mol. The fourth-order valence-corrected chi connectivity index (χ4v) is 2.47. The first-order chi connectivity index (χ1) is 12.6. The van der Waals surface area contributed by atoms with Gasteiger partial charge in [-0.25, -0.2) is 14.9 Å². The minimum atomic E-state index is -0.488. The molecule has 0 aromatic carbocycles. The Morgan fingerprint density at radius 3 is 2.73 bits per heavy atom. The molecular formula is C18H20N4O4. The topological polar surface area (TPSA) is 103 Å². The van der Waals surface area contributed by atoms with Crippen molar-refractivity contribution < 1.29 is 14.0 Å². The van der Waals surface area contributed by atoms with Gasteiger partial charge in [-0.3, -0.25) is 4.98 Å². The summed E-state index contributed by atoms with van der Waals surface area (Å²) >= 11 is 0. The molecule has 1 N–H and O–H groups in total. The van der Waals surface area contributed by atoms with E-state index >= 15 is 0 Å². The molecule has 0 spiro atoms. The van der Waals surface area contributed by atoms with Crippen molar-refractivity contribution in [3.05, 3.63) is 52.7 Å². The van der Waals surface area contributed by atoms with Crippen molar-refractivity contribution >= 4 is 0 Å². The Balaban J connectivity index is 1.68. The van der Waals surface area contributed by atoms with Crippen molar-refractivity contribution in [2.45, 2.75) is 26.2 Å². The highest BCUT2D eigenvalue weighted by Gasteiger charge is 2.16. The van der Waals surface area contributed by atoms with Gasteiger partial charge in [0, 0.05) is 17.8 Å². The molecule has 1 atom stereocenters. The van der Waals surface area contributed by atoms with Crippen LogP contribution in [0.3, 0.4) is 0 Å². The second-order valence-electron chi connectivity index (χ2n) is 5.86. The average molecular weight is 356 g/mol. The van der Waals surface area contributed by atoms with Gasteiger partial charge in [0.15, 0.2) is 0 Å². The van der Waals surface area contributed by atoms with Crippen LogP contribution in [-0.2, 0) is 0 Å². The van der Waals surface area contributed by atoms with E-state index < -0.39 is 5.63 Å². The van der Waals surface area contributed by atoms with E-state index in [1.165, 1.54) is 6.20 Å². The number of pyridine rings is 1. The van der Waals surface area contributed by atoms with E-state index in [0.29, 0.717) is 29.4 Å². The van der Waals surface area contributed by atoms with Crippen LogP contribution in [0.2, 0.25) is 0 Å². The molecule has 0 saturated heterocycles. The van der Waals surface area contributed by atoms with E-state index in [2.05, 4.69) is 27.0 Å². The van der Waals surface area contributed by atoms with Crippen LogP contribution in [0.1, 0.15) is 30.8 Å². The van der Waals surface area contributed by atoms with E-state index in [9.17, 15) is 4.79 Å². The molecule has 0 radical (unpaired) electrons. The van der Waals surface area contributed by atoms with Gasteiger partial charge >= 0.3 is 5.63 Å². The van der Waals surface area contributed by atoms with E-state index in [4.69, 9.17) is 14.0 Å². The summed E-state index contributed by atoms with van der Waals surface area (Å²) in [6.07, 6.45) is 5.46. The summed E-state index contributed by atoms with van der Waals surface area (Å²) in [5.41, 5.74) is 1.31. The van der Waals surface area contributed by atoms with Crippen molar-refractivity contribution in [3.63, 3.8) is 0 Å². The van der Waals surface area contributed by atoms with Crippen molar-refractivity contribution in [2.24, 2.45) is 0 Å². The summed E-state index contributed by atoms with van der Waals surface area (Å²) in [7, 11) is 1.61. The number of aryl methyl sites for hydroxylation is 1. The summed E-state index contributed by atoms with van der Waals surface area (Å²) in [5.74, 6) is 1.85. The van der Waals surface area contributed by atoms with Gasteiger partial charge in [0.05, 0.1) is 37.2 Å². The number of aromatic amines is 1. The van der Waals surface area contributed by atoms with Gasteiger partial charge in [0.25, 0.3) is 0 Å². The predicted molar refractivity (Wildman–Crippen MR) is 94.4 cm³/mol. The first kappa shape index (κ1) is 17.7. The van der Waals surface area contributed by atoms with E-state index in [0.717, 1.165) is 17.9 Å². The second-order valence-corrected chi connectivity index (χ2v) is 5.86. The molecule has 0 aliphatic rings. The number of hydrogen-bond donors (Lipinski definition) is 1. The van der Waals surface area contributed by atoms with Crippen LogP contribution in [0.25, 0.3) is 11.1 Å². The van der Waals surface area contributed by atoms with Crippen LogP contribution < -0.4 is 15.1 Å². The molecule has 136 valence electrons. The third kappa shape index (κ3) is 3.90. The summed E-state index contributed by atoms with van der Waals surface area (Å²) < 4.78 is 15.7. The van der Waals surface area contributed by atoms with Gasteiger partial charge in [-0.05, 0) is 25.5 Å². The maximum absolute atomic E-state index is 11.7. The lowest BCUT2D eigenvalue weighted by Crippen LogP contribution is -2.08. The lowest BCUT2D eigenvalue weighted by molar-refractivity contribution is 0.289. The van der Waals surface area contributed by atoms with Gasteiger partial charge in [-0.15, -0.1) is 0 Å². The lowest BCUT2D eigenvalue weighted by atomic mass is 10.0. The smallest absolute Gasteiger partial charge is 0.365 e. The van der Waals surface area contributed by atoms with Crippen LogP contribution in [0.5, 0.6) is 11.6 Å². The number of nitrogens with zero attached hydrogens (tertiary/aromatic N) is 3. The highest BCUT2D eigenvalue weighted by atomic mass is 16.5. The predicted octanol–water partition coefficient (Wildman–Crippen LogP) is 2.71. The lowest BCUT2D eigenvalue weighted by Gasteiger charge is -2.13. The number of nitrogens with one attached hydrogen (secondary N) is 1. The molecule has 8 nitrogen and oxygen atoms in total. The molecule has 0 bridgehead atoms. The maximum atomic E-state index is 11.7. The molecule has 8 heteroatoms. The number of rotatable bonds is 7. The van der Waals surface area contributed by atoms with Gasteiger partial charge in [0.1, 0.15) is 11.6 Å². The summed E-state index contributed by atoms with van der Waals surface area (Å²) in [5, 5.41) is 2.43. The summed E-state index contributed by atoms with van der Waals surface area (Å²) in [4.78, 5) is 24.6. The number of hydrogen-bond acceptors (Lipinski definition) is 7. The Kier molecular flexibility index (Phi) is 5.31. The first-order valence-corrected chi connectivity index (χ1v) is 8.22. The first-order valence-electron chi connectivity index (χ1n) is 8.22. The van der Waals surface area contributed by atoms with E-state index in [1.807, 2.05) is 12.1 Å². The minimum Gasteiger partial charge on any atom is -0.495 e. The van der Waals surface area contributed by atoms with Gasteiger partial charge in [0.2, 0.25) is 5.88 Å². The molecule has 26 heavy (non-hydrogen) atoms. The highest BCUT2D eigenvalue weighted by molar-refractivity contribution is 5.65. The standard InChI is InChI=1S/C18H20N4O4/c1-11(16-5-4-13(24-3)8-20-16)6-7-25-17-14(9-19-12(2)22-17)15-10-21-26-18(15)23/h4-5,8-11,21H,6-7H2,1-3H3. The largest absolute Gasteiger partial charge is 0.495 e. The highest BCUT2D eigenvalue weighted by Crippen LogP contribution is 2.26. The van der Waals surface area contributed by atoms with Crippen LogP contribution in [0.15, 0.2) is 40.0 Å². The molecule has 0 aliphatic heterocycles. The zero-order chi connectivity index (χ0) is 18.5. The van der Waals surface area contributed by atoms with Crippen LogP contribution >= 0.6 is 0 Å². The Morgan fingerprint density at radius 2 is 2.08 bits per heavy atom. The summed E-state index contributed by atoms with van der Waals surface area (Å²) in [6.45, 7) is 4.26. The number of ether oxygens (including phenoxy) is 2. The summed E-state index contributed by atoms with van der Waals surface area (Å²) in [6, 6.07) is 3.82. The Labute approximate surface area is 150 Å². The Hall–Kier alpha value is -3.16. The molecule has 3 heterocycles. The normalized spacial score (nSPS) is 12.0. The molecule has 0 fully saturated rings. The van der Waals surface area contributed by atoms with Crippen molar-refractivity contribution in [3.8, 4) is 22.8 Å². The van der Waals surface area contributed by atoms with E-state index in [1.54, 1.807) is 26.4 Å². The molecule has 0 aliphatic carbocycles. The van der Waals surface area contributed by atoms with Crippen molar-refractivity contribution in [1.29, 1.82) is 0 Å². The number of aromatic nitrogens is 4. The number of H-pyrrole nitrogens is 1. The third-order valence-electron chi connectivity index (χ3n) is 4.03.